The molecule has 4 heteroatoms. The Balaban J connectivity index is 2.75. The zero-order chi connectivity index (χ0) is 15.4. The summed E-state index contributed by atoms with van der Waals surface area (Å²) in [5.41, 5.74) is 2.66. The summed E-state index contributed by atoms with van der Waals surface area (Å²) in [6.07, 6.45) is 0.907. The van der Waals surface area contributed by atoms with Gasteiger partial charge in [-0.25, -0.2) is 0 Å². The van der Waals surface area contributed by atoms with E-state index in [0.29, 0.717) is 11.1 Å². The Morgan fingerprint density at radius 3 is 2.29 bits per heavy atom. The summed E-state index contributed by atoms with van der Waals surface area (Å²) < 4.78 is 5.01. The first-order valence-corrected chi connectivity index (χ1v) is 6.49. The number of nitrogens with zero attached hydrogens (tertiary/aromatic N) is 2. The molecule has 2 aromatic carbocycles. The SMILES string of the molecule is CCc1ccc(-c2c(C#N)cc(OC)c(O)c2C#N)cc1. The molecule has 0 radical (unpaired) electrons. The summed E-state index contributed by atoms with van der Waals surface area (Å²) in [4.78, 5) is 0. The Kier molecular flexibility index (Phi) is 4.11. The van der Waals surface area contributed by atoms with Gasteiger partial charge in [0.2, 0.25) is 0 Å². The smallest absolute Gasteiger partial charge is 0.176 e. The Labute approximate surface area is 123 Å². The van der Waals surface area contributed by atoms with Gasteiger partial charge in [-0.15, -0.1) is 0 Å². The zero-order valence-corrected chi connectivity index (χ0v) is 11.8. The molecule has 0 aliphatic carbocycles. The lowest BCUT2D eigenvalue weighted by Gasteiger charge is -2.12. The number of aromatic hydroxyl groups is 1. The highest BCUT2D eigenvalue weighted by molar-refractivity contribution is 5.81. The number of phenols is 1. The molecule has 0 spiro atoms. The molecule has 104 valence electrons. The molecule has 0 saturated heterocycles. The van der Waals surface area contributed by atoms with Gasteiger partial charge in [-0.2, -0.15) is 10.5 Å². The maximum absolute atomic E-state index is 10.1. The van der Waals surface area contributed by atoms with Gasteiger partial charge in [-0.05, 0) is 17.5 Å². The van der Waals surface area contributed by atoms with E-state index in [1.807, 2.05) is 30.3 Å². The fourth-order valence-electron chi connectivity index (χ4n) is 2.21. The molecule has 21 heavy (non-hydrogen) atoms. The fourth-order valence-corrected chi connectivity index (χ4v) is 2.21. The van der Waals surface area contributed by atoms with Crippen LogP contribution in [0.15, 0.2) is 30.3 Å². The number of rotatable bonds is 3. The predicted molar refractivity (Wildman–Crippen MR) is 78.9 cm³/mol. The first kappa shape index (κ1) is 14.4. The molecular formula is C17H14N2O2. The van der Waals surface area contributed by atoms with Gasteiger partial charge in [0.05, 0.1) is 18.7 Å². The number of methoxy groups -OCH3 is 1. The Morgan fingerprint density at radius 1 is 1.14 bits per heavy atom. The minimum atomic E-state index is -0.242. The molecule has 0 fully saturated rings. The molecule has 4 nitrogen and oxygen atoms in total. The molecule has 2 rings (SSSR count). The molecule has 0 aliphatic rings. The topological polar surface area (TPSA) is 77.0 Å². The number of nitriles is 2. The van der Waals surface area contributed by atoms with Crippen LogP contribution in [-0.4, -0.2) is 12.2 Å². The standard InChI is InChI=1S/C17H14N2O2/c1-3-11-4-6-12(7-5-11)16-13(9-18)8-15(21-2)17(20)14(16)10-19/h4-8,20H,3H2,1-2H3. The first-order chi connectivity index (χ1) is 10.2. The van der Waals surface area contributed by atoms with Gasteiger partial charge in [-0.1, -0.05) is 31.2 Å². The third-order valence-corrected chi connectivity index (χ3v) is 3.37. The zero-order valence-electron chi connectivity index (χ0n) is 11.8. The summed E-state index contributed by atoms with van der Waals surface area (Å²) in [6.45, 7) is 2.05. The van der Waals surface area contributed by atoms with E-state index in [4.69, 9.17) is 4.74 Å². The fraction of sp³-hybridized carbons (Fsp3) is 0.176. The summed E-state index contributed by atoms with van der Waals surface area (Å²) in [5.74, 6) is -0.120. The quantitative estimate of drug-likeness (QED) is 0.933. The largest absolute Gasteiger partial charge is 0.503 e. The van der Waals surface area contributed by atoms with Crippen LogP contribution >= 0.6 is 0 Å². The van der Waals surface area contributed by atoms with E-state index in [0.717, 1.165) is 17.5 Å². The minimum absolute atomic E-state index is 0.0511. The van der Waals surface area contributed by atoms with E-state index in [1.165, 1.54) is 13.2 Å². The summed E-state index contributed by atoms with van der Waals surface area (Å²) in [6, 6.07) is 13.0. The molecule has 0 aliphatic heterocycles. The van der Waals surface area contributed by atoms with Crippen LogP contribution in [0.1, 0.15) is 23.6 Å². The molecule has 2 aromatic rings. The average Bonchev–Trinajstić information content (AvgIpc) is 2.54. The lowest BCUT2D eigenvalue weighted by atomic mass is 9.93. The second-order valence-corrected chi connectivity index (χ2v) is 4.50. The number of benzene rings is 2. The molecule has 0 atom stereocenters. The number of hydrogen-bond donors (Lipinski definition) is 1. The van der Waals surface area contributed by atoms with Gasteiger partial charge in [0, 0.05) is 11.6 Å². The van der Waals surface area contributed by atoms with Crippen LogP contribution in [0.2, 0.25) is 0 Å². The van der Waals surface area contributed by atoms with Crippen molar-refractivity contribution in [1.82, 2.24) is 0 Å². The Morgan fingerprint density at radius 2 is 1.81 bits per heavy atom. The van der Waals surface area contributed by atoms with E-state index in [9.17, 15) is 15.6 Å². The van der Waals surface area contributed by atoms with Crippen LogP contribution in [-0.2, 0) is 6.42 Å². The lowest BCUT2D eigenvalue weighted by Crippen LogP contribution is -1.95. The van der Waals surface area contributed by atoms with Crippen molar-refractivity contribution in [3.05, 3.63) is 47.0 Å². The van der Waals surface area contributed by atoms with Crippen molar-refractivity contribution in [3.63, 3.8) is 0 Å². The highest BCUT2D eigenvalue weighted by Crippen LogP contribution is 2.39. The van der Waals surface area contributed by atoms with E-state index in [1.54, 1.807) is 0 Å². The van der Waals surface area contributed by atoms with Gasteiger partial charge in [0.15, 0.2) is 11.5 Å². The van der Waals surface area contributed by atoms with E-state index < -0.39 is 0 Å². The summed E-state index contributed by atoms with van der Waals surface area (Å²) >= 11 is 0. The maximum Gasteiger partial charge on any atom is 0.176 e. The van der Waals surface area contributed by atoms with Gasteiger partial charge in [0.1, 0.15) is 11.6 Å². The minimum Gasteiger partial charge on any atom is -0.503 e. The molecule has 0 unspecified atom stereocenters. The van der Waals surface area contributed by atoms with Crippen molar-refractivity contribution in [2.75, 3.05) is 7.11 Å². The molecule has 0 amide bonds. The molecule has 0 aromatic heterocycles. The van der Waals surface area contributed by atoms with Gasteiger partial charge >= 0.3 is 0 Å². The number of ether oxygens (including phenoxy) is 1. The Hall–Kier alpha value is -2.98. The van der Waals surface area contributed by atoms with Crippen LogP contribution in [0.25, 0.3) is 11.1 Å². The second-order valence-electron chi connectivity index (χ2n) is 4.50. The average molecular weight is 278 g/mol. The van der Waals surface area contributed by atoms with Crippen molar-refractivity contribution >= 4 is 0 Å². The molecule has 1 N–H and O–H groups in total. The van der Waals surface area contributed by atoms with Crippen molar-refractivity contribution in [2.45, 2.75) is 13.3 Å². The first-order valence-electron chi connectivity index (χ1n) is 6.49. The van der Waals surface area contributed by atoms with Gasteiger partial charge in [0.25, 0.3) is 0 Å². The normalized spacial score (nSPS) is 9.71. The lowest BCUT2D eigenvalue weighted by molar-refractivity contribution is 0.373. The van der Waals surface area contributed by atoms with Crippen LogP contribution in [0.3, 0.4) is 0 Å². The third kappa shape index (κ3) is 2.52. The van der Waals surface area contributed by atoms with Crippen LogP contribution < -0.4 is 4.74 Å². The predicted octanol–water partition coefficient (Wildman–Crippen LogP) is 3.37. The number of phenolic OH excluding ortho intramolecular Hbond substituents is 1. The van der Waals surface area contributed by atoms with Crippen LogP contribution in [0.4, 0.5) is 0 Å². The highest BCUT2D eigenvalue weighted by atomic mass is 16.5. The maximum atomic E-state index is 10.1. The van der Waals surface area contributed by atoms with E-state index in [-0.39, 0.29) is 17.1 Å². The summed E-state index contributed by atoms with van der Waals surface area (Å²) in [7, 11) is 1.38. The number of hydrogen-bond acceptors (Lipinski definition) is 4. The van der Waals surface area contributed by atoms with E-state index in [2.05, 4.69) is 13.0 Å². The molecule has 0 bridgehead atoms. The third-order valence-electron chi connectivity index (χ3n) is 3.37. The van der Waals surface area contributed by atoms with Crippen molar-refractivity contribution in [3.8, 4) is 34.8 Å². The highest BCUT2D eigenvalue weighted by Gasteiger charge is 2.19. The molecule has 0 saturated carbocycles. The molecule has 0 heterocycles. The van der Waals surface area contributed by atoms with Crippen molar-refractivity contribution in [1.29, 1.82) is 10.5 Å². The van der Waals surface area contributed by atoms with Crippen molar-refractivity contribution < 1.29 is 9.84 Å². The second kappa shape index (κ2) is 5.98. The number of aryl methyl sites for hydroxylation is 1. The van der Waals surface area contributed by atoms with Crippen LogP contribution in [0, 0.1) is 22.7 Å². The monoisotopic (exact) mass is 278 g/mol. The van der Waals surface area contributed by atoms with Gasteiger partial charge < -0.3 is 9.84 Å². The van der Waals surface area contributed by atoms with Gasteiger partial charge in [-0.3, -0.25) is 0 Å². The van der Waals surface area contributed by atoms with Crippen molar-refractivity contribution in [2.24, 2.45) is 0 Å². The molecular weight excluding hydrogens is 264 g/mol. The van der Waals surface area contributed by atoms with Crippen LogP contribution in [0.5, 0.6) is 11.5 Å². The van der Waals surface area contributed by atoms with E-state index >= 15 is 0 Å². The summed E-state index contributed by atoms with van der Waals surface area (Å²) in [5, 5.41) is 28.7. The Bertz CT molecular complexity index is 750.